The lowest BCUT2D eigenvalue weighted by Gasteiger charge is -2.13. The van der Waals surface area contributed by atoms with Gasteiger partial charge in [0.25, 0.3) is 0 Å². The number of nitrogens with one attached hydrogen (secondary N) is 2. The summed E-state index contributed by atoms with van der Waals surface area (Å²) in [6.07, 6.45) is 10.1. The summed E-state index contributed by atoms with van der Waals surface area (Å²) < 4.78 is 11.2. The molecule has 2 N–H and O–H groups in total. The summed E-state index contributed by atoms with van der Waals surface area (Å²) in [7, 11) is 6.10. The average Bonchev–Trinajstić information content (AvgIpc) is 3.11. The van der Waals surface area contributed by atoms with Crippen molar-refractivity contribution in [1.82, 2.24) is 15.5 Å². The summed E-state index contributed by atoms with van der Waals surface area (Å²) in [4.78, 5) is 6.52. The quantitative estimate of drug-likeness (QED) is 0.172. The Hall–Kier alpha value is -0.120. The van der Waals surface area contributed by atoms with E-state index in [9.17, 15) is 0 Å². The first-order valence-electron chi connectivity index (χ1n) is 10.0. The largest absolute Gasteiger partial charge is 0.379 e. The van der Waals surface area contributed by atoms with Crippen molar-refractivity contribution >= 4 is 29.9 Å². The minimum atomic E-state index is 0. The molecule has 0 radical (unpaired) electrons. The highest BCUT2D eigenvalue weighted by Gasteiger charge is 2.14. The number of rotatable bonds is 14. The van der Waals surface area contributed by atoms with Crippen molar-refractivity contribution in [1.29, 1.82) is 0 Å². The Balaban J connectivity index is 0.00000625. The molecule has 1 unspecified atom stereocenters. The van der Waals surface area contributed by atoms with Crippen LogP contribution in [0.4, 0.5) is 0 Å². The Morgan fingerprint density at radius 3 is 2.42 bits per heavy atom. The van der Waals surface area contributed by atoms with Crippen LogP contribution in [0.3, 0.4) is 0 Å². The highest BCUT2D eigenvalue weighted by Crippen LogP contribution is 2.11. The smallest absolute Gasteiger partial charge is 0.190 e. The summed E-state index contributed by atoms with van der Waals surface area (Å²) in [6, 6.07) is 0. The average molecular weight is 484 g/mol. The molecule has 1 saturated heterocycles. The predicted molar refractivity (Wildman–Crippen MR) is 121 cm³/mol. The van der Waals surface area contributed by atoms with Crippen molar-refractivity contribution in [2.24, 2.45) is 4.99 Å². The molecule has 1 rings (SSSR count). The molecule has 0 aromatic rings. The second-order valence-electron chi connectivity index (χ2n) is 7.06. The molecule has 6 nitrogen and oxygen atoms in total. The number of ether oxygens (including phenoxy) is 2. The van der Waals surface area contributed by atoms with Gasteiger partial charge in [0.15, 0.2) is 5.96 Å². The van der Waals surface area contributed by atoms with Crippen LogP contribution in [0.2, 0.25) is 0 Å². The number of hydrogen-bond donors (Lipinski definition) is 2. The van der Waals surface area contributed by atoms with E-state index in [0.717, 1.165) is 51.7 Å². The van der Waals surface area contributed by atoms with Gasteiger partial charge in [0.05, 0.1) is 12.7 Å². The minimum Gasteiger partial charge on any atom is -0.379 e. The van der Waals surface area contributed by atoms with E-state index >= 15 is 0 Å². The van der Waals surface area contributed by atoms with Gasteiger partial charge in [-0.05, 0) is 52.7 Å². The van der Waals surface area contributed by atoms with Crippen LogP contribution >= 0.6 is 24.0 Å². The van der Waals surface area contributed by atoms with E-state index in [2.05, 4.69) is 34.6 Å². The monoisotopic (exact) mass is 484 g/mol. The SMILES string of the molecule is CN=C(NCCCCCCCN(C)C)NCCCOCC1CCCO1.I. The molecule has 1 aliphatic rings. The van der Waals surface area contributed by atoms with Gasteiger partial charge in [-0.25, -0.2) is 0 Å². The maximum absolute atomic E-state index is 5.66. The first-order chi connectivity index (χ1) is 12.2. The van der Waals surface area contributed by atoms with Gasteiger partial charge in [-0.3, -0.25) is 4.99 Å². The Morgan fingerprint density at radius 2 is 1.77 bits per heavy atom. The van der Waals surface area contributed by atoms with Crippen molar-refractivity contribution < 1.29 is 9.47 Å². The van der Waals surface area contributed by atoms with Crippen LogP contribution in [0.1, 0.15) is 51.4 Å². The van der Waals surface area contributed by atoms with Crippen molar-refractivity contribution in [2.75, 3.05) is 60.6 Å². The first-order valence-corrected chi connectivity index (χ1v) is 10.0. The summed E-state index contributed by atoms with van der Waals surface area (Å²) in [5.41, 5.74) is 0. The van der Waals surface area contributed by atoms with Crippen molar-refractivity contribution in [3.63, 3.8) is 0 Å². The Kier molecular flexibility index (Phi) is 18.2. The molecular formula is C19H41IN4O2. The van der Waals surface area contributed by atoms with Crippen LogP contribution in [0.25, 0.3) is 0 Å². The molecule has 156 valence electrons. The molecule has 0 saturated carbocycles. The van der Waals surface area contributed by atoms with E-state index in [4.69, 9.17) is 9.47 Å². The van der Waals surface area contributed by atoms with E-state index in [-0.39, 0.29) is 24.0 Å². The van der Waals surface area contributed by atoms with Crippen LogP contribution in [-0.2, 0) is 9.47 Å². The topological polar surface area (TPSA) is 58.1 Å². The molecule has 26 heavy (non-hydrogen) atoms. The maximum atomic E-state index is 5.66. The summed E-state index contributed by atoms with van der Waals surface area (Å²) in [6.45, 7) is 5.48. The molecular weight excluding hydrogens is 443 g/mol. The second-order valence-corrected chi connectivity index (χ2v) is 7.06. The van der Waals surface area contributed by atoms with Crippen molar-refractivity contribution in [3.05, 3.63) is 0 Å². The fraction of sp³-hybridized carbons (Fsp3) is 0.947. The molecule has 0 aromatic heterocycles. The van der Waals surface area contributed by atoms with E-state index in [1.165, 1.54) is 45.1 Å². The first kappa shape index (κ1) is 25.9. The zero-order chi connectivity index (χ0) is 18.2. The van der Waals surface area contributed by atoms with Crippen LogP contribution in [-0.4, -0.2) is 77.6 Å². The Morgan fingerprint density at radius 1 is 1.08 bits per heavy atom. The number of halogens is 1. The molecule has 1 atom stereocenters. The van der Waals surface area contributed by atoms with Gasteiger partial charge in [0.1, 0.15) is 0 Å². The van der Waals surface area contributed by atoms with Crippen molar-refractivity contribution in [3.8, 4) is 0 Å². The van der Waals surface area contributed by atoms with Gasteiger partial charge in [0.2, 0.25) is 0 Å². The standard InChI is InChI=1S/C19H40N4O2.HI/c1-20-19(21-12-7-5-4-6-8-14-23(2)3)22-13-10-15-24-17-18-11-9-16-25-18;/h18H,4-17H2,1-3H3,(H2,20,21,22);1H. The molecule has 1 aliphatic heterocycles. The lowest BCUT2D eigenvalue weighted by molar-refractivity contribution is 0.0168. The number of nitrogens with zero attached hydrogens (tertiary/aromatic N) is 2. The molecule has 0 amide bonds. The third-order valence-corrected chi connectivity index (χ3v) is 4.38. The highest BCUT2D eigenvalue weighted by molar-refractivity contribution is 14.0. The number of aliphatic imine (C=N–C) groups is 1. The van der Waals surface area contributed by atoms with Gasteiger partial charge < -0.3 is 25.0 Å². The van der Waals surface area contributed by atoms with E-state index in [1.807, 2.05) is 7.05 Å². The molecule has 0 spiro atoms. The number of hydrogen-bond acceptors (Lipinski definition) is 4. The maximum Gasteiger partial charge on any atom is 0.190 e. The van der Waals surface area contributed by atoms with E-state index < -0.39 is 0 Å². The van der Waals surface area contributed by atoms with Gasteiger partial charge >= 0.3 is 0 Å². The summed E-state index contributed by atoms with van der Waals surface area (Å²) in [5, 5.41) is 6.73. The third kappa shape index (κ3) is 15.0. The Bertz CT molecular complexity index is 338. The van der Waals surface area contributed by atoms with Crippen molar-refractivity contribution in [2.45, 2.75) is 57.5 Å². The fourth-order valence-corrected chi connectivity index (χ4v) is 2.88. The lowest BCUT2D eigenvalue weighted by Crippen LogP contribution is -2.38. The predicted octanol–water partition coefficient (Wildman–Crippen LogP) is 2.87. The van der Waals surface area contributed by atoms with Crippen LogP contribution < -0.4 is 10.6 Å². The molecule has 7 heteroatoms. The number of unbranched alkanes of at least 4 members (excludes halogenated alkanes) is 4. The normalized spacial score (nSPS) is 17.4. The second kappa shape index (κ2) is 18.3. The zero-order valence-corrected chi connectivity index (χ0v) is 19.4. The summed E-state index contributed by atoms with van der Waals surface area (Å²) in [5.74, 6) is 0.895. The van der Waals surface area contributed by atoms with E-state index in [1.54, 1.807) is 0 Å². The van der Waals surface area contributed by atoms with Gasteiger partial charge in [-0.1, -0.05) is 19.3 Å². The van der Waals surface area contributed by atoms with Gasteiger partial charge in [-0.15, -0.1) is 24.0 Å². The minimum absolute atomic E-state index is 0. The molecule has 1 heterocycles. The highest BCUT2D eigenvalue weighted by atomic mass is 127. The molecule has 0 aromatic carbocycles. The number of guanidine groups is 1. The van der Waals surface area contributed by atoms with E-state index in [0.29, 0.717) is 6.10 Å². The van der Waals surface area contributed by atoms with Gasteiger partial charge in [0, 0.05) is 33.4 Å². The third-order valence-electron chi connectivity index (χ3n) is 4.38. The molecule has 0 aliphatic carbocycles. The van der Waals surface area contributed by atoms with Crippen LogP contribution in [0.5, 0.6) is 0 Å². The lowest BCUT2D eigenvalue weighted by atomic mass is 10.1. The fourth-order valence-electron chi connectivity index (χ4n) is 2.88. The zero-order valence-electron chi connectivity index (χ0n) is 17.1. The summed E-state index contributed by atoms with van der Waals surface area (Å²) >= 11 is 0. The molecule has 0 bridgehead atoms. The molecule has 1 fully saturated rings. The van der Waals surface area contributed by atoms with Crippen LogP contribution in [0.15, 0.2) is 4.99 Å². The Labute approximate surface area is 177 Å². The van der Waals surface area contributed by atoms with Gasteiger partial charge in [-0.2, -0.15) is 0 Å². The van der Waals surface area contributed by atoms with Crippen LogP contribution in [0, 0.1) is 0 Å².